The van der Waals surface area contributed by atoms with Crippen molar-refractivity contribution in [3.8, 4) is 0 Å². The third-order valence-electron chi connectivity index (χ3n) is 3.78. The minimum atomic E-state index is -2.96. The van der Waals surface area contributed by atoms with Crippen molar-refractivity contribution < 1.29 is 8.42 Å². The number of nitrogens with one attached hydrogen (secondary N) is 1. The molecule has 8 heteroatoms. The highest BCUT2D eigenvalue weighted by Crippen LogP contribution is 2.24. The molecule has 1 fully saturated rings. The number of unbranched alkanes of at least 4 members (excludes halogenated alkanes) is 1. The van der Waals surface area contributed by atoms with Gasteiger partial charge in [0.25, 0.3) is 0 Å². The van der Waals surface area contributed by atoms with Crippen molar-refractivity contribution in [2.45, 2.75) is 32.2 Å². The van der Waals surface area contributed by atoms with Gasteiger partial charge in [0.1, 0.15) is 0 Å². The molecular formula is C15H20Cl2N2O2S2. The van der Waals surface area contributed by atoms with Gasteiger partial charge in [0.2, 0.25) is 0 Å². The van der Waals surface area contributed by atoms with E-state index in [4.69, 9.17) is 35.4 Å². The van der Waals surface area contributed by atoms with Crippen LogP contribution in [0.15, 0.2) is 18.2 Å². The molecule has 1 aromatic carbocycles. The molecular weight excluding hydrogens is 375 g/mol. The average Bonchev–Trinajstić information content (AvgIpc) is 2.78. The highest BCUT2D eigenvalue weighted by Gasteiger charge is 2.33. The Morgan fingerprint density at radius 1 is 1.35 bits per heavy atom. The van der Waals surface area contributed by atoms with E-state index < -0.39 is 9.84 Å². The molecule has 1 aliphatic heterocycles. The minimum Gasteiger partial charge on any atom is -0.345 e. The number of benzene rings is 1. The van der Waals surface area contributed by atoms with E-state index >= 15 is 0 Å². The third-order valence-corrected chi connectivity index (χ3v) is 6.30. The maximum atomic E-state index is 11.8. The van der Waals surface area contributed by atoms with E-state index in [-0.39, 0.29) is 17.5 Å². The molecule has 1 aliphatic rings. The van der Waals surface area contributed by atoms with Gasteiger partial charge in [0, 0.05) is 28.3 Å². The van der Waals surface area contributed by atoms with E-state index in [0.29, 0.717) is 27.3 Å². The predicted octanol–water partition coefficient (Wildman–Crippen LogP) is 3.98. The summed E-state index contributed by atoms with van der Waals surface area (Å²) in [5.41, 5.74) is 0.704. The molecule has 23 heavy (non-hydrogen) atoms. The number of hydrogen-bond acceptors (Lipinski definition) is 3. The lowest BCUT2D eigenvalue weighted by Gasteiger charge is -2.31. The van der Waals surface area contributed by atoms with E-state index in [9.17, 15) is 8.42 Å². The Labute approximate surface area is 153 Å². The number of anilines is 1. The van der Waals surface area contributed by atoms with Crippen LogP contribution in [0.25, 0.3) is 0 Å². The highest BCUT2D eigenvalue weighted by atomic mass is 35.5. The van der Waals surface area contributed by atoms with Crippen LogP contribution in [0.4, 0.5) is 5.69 Å². The van der Waals surface area contributed by atoms with Gasteiger partial charge in [-0.15, -0.1) is 0 Å². The lowest BCUT2D eigenvalue weighted by molar-refractivity contribution is 0.333. The molecule has 0 aliphatic carbocycles. The Kier molecular flexibility index (Phi) is 6.54. The molecule has 1 saturated heterocycles. The fourth-order valence-electron chi connectivity index (χ4n) is 2.62. The lowest BCUT2D eigenvalue weighted by Crippen LogP contribution is -2.44. The van der Waals surface area contributed by atoms with Crippen LogP contribution in [-0.2, 0) is 9.84 Å². The van der Waals surface area contributed by atoms with Crippen LogP contribution >= 0.6 is 35.4 Å². The summed E-state index contributed by atoms with van der Waals surface area (Å²) in [6.45, 7) is 2.83. The van der Waals surface area contributed by atoms with Gasteiger partial charge in [-0.3, -0.25) is 0 Å². The van der Waals surface area contributed by atoms with Gasteiger partial charge >= 0.3 is 0 Å². The quantitative estimate of drug-likeness (QED) is 0.765. The molecule has 0 unspecified atom stereocenters. The predicted molar refractivity (Wildman–Crippen MR) is 101 cm³/mol. The first-order valence-corrected chi connectivity index (χ1v) is 10.5. The van der Waals surface area contributed by atoms with Gasteiger partial charge in [0.05, 0.1) is 11.5 Å². The van der Waals surface area contributed by atoms with Gasteiger partial charge in [-0.25, -0.2) is 8.42 Å². The molecule has 1 atom stereocenters. The van der Waals surface area contributed by atoms with Crippen molar-refractivity contribution in [3.63, 3.8) is 0 Å². The van der Waals surface area contributed by atoms with Crippen LogP contribution in [0.2, 0.25) is 10.0 Å². The van der Waals surface area contributed by atoms with Gasteiger partial charge < -0.3 is 10.2 Å². The fourth-order valence-corrected chi connectivity index (χ4v) is 5.24. The van der Waals surface area contributed by atoms with Crippen molar-refractivity contribution in [3.05, 3.63) is 28.2 Å². The summed E-state index contributed by atoms with van der Waals surface area (Å²) in [4.78, 5) is 1.98. The summed E-state index contributed by atoms with van der Waals surface area (Å²) < 4.78 is 23.5. The molecule has 128 valence electrons. The number of thiocarbonyl (C=S) groups is 1. The number of rotatable bonds is 5. The first kappa shape index (κ1) is 18.8. The zero-order valence-corrected chi connectivity index (χ0v) is 16.0. The normalized spacial score (nSPS) is 19.5. The molecule has 4 nitrogen and oxygen atoms in total. The summed E-state index contributed by atoms with van der Waals surface area (Å²) in [6.07, 6.45) is 2.58. The Hall–Kier alpha value is -0.560. The van der Waals surface area contributed by atoms with Gasteiger partial charge in [-0.1, -0.05) is 36.5 Å². The molecule has 0 spiro atoms. The average molecular weight is 395 g/mol. The summed E-state index contributed by atoms with van der Waals surface area (Å²) in [5.74, 6) is 0.390. The van der Waals surface area contributed by atoms with Crippen LogP contribution < -0.4 is 5.32 Å². The Balaban J connectivity index is 2.13. The molecule has 1 N–H and O–H groups in total. The molecule has 1 aromatic rings. The zero-order valence-electron chi connectivity index (χ0n) is 12.9. The van der Waals surface area contributed by atoms with Crippen molar-refractivity contribution in [1.82, 2.24) is 4.90 Å². The smallest absolute Gasteiger partial charge is 0.173 e. The number of sulfone groups is 1. The van der Waals surface area contributed by atoms with E-state index in [1.165, 1.54) is 0 Å². The summed E-state index contributed by atoms with van der Waals surface area (Å²) in [6, 6.07) is 5.06. The molecule has 2 rings (SSSR count). The van der Waals surface area contributed by atoms with E-state index in [1.807, 2.05) is 4.90 Å². The van der Waals surface area contributed by atoms with Gasteiger partial charge in [-0.05, 0) is 43.3 Å². The topological polar surface area (TPSA) is 49.4 Å². The second-order valence-electron chi connectivity index (χ2n) is 5.69. The van der Waals surface area contributed by atoms with Crippen molar-refractivity contribution >= 4 is 56.1 Å². The first-order valence-electron chi connectivity index (χ1n) is 7.55. The summed E-state index contributed by atoms with van der Waals surface area (Å²) in [7, 11) is -2.96. The number of halogens is 2. The van der Waals surface area contributed by atoms with Crippen molar-refractivity contribution in [2.24, 2.45) is 0 Å². The second kappa shape index (κ2) is 8.01. The lowest BCUT2D eigenvalue weighted by atomic mass is 10.2. The maximum Gasteiger partial charge on any atom is 0.173 e. The maximum absolute atomic E-state index is 11.8. The minimum absolute atomic E-state index is 0.0683. The highest BCUT2D eigenvalue weighted by molar-refractivity contribution is 7.91. The zero-order chi connectivity index (χ0) is 17.0. The van der Waals surface area contributed by atoms with Crippen LogP contribution in [-0.4, -0.2) is 42.5 Å². The van der Waals surface area contributed by atoms with Crippen molar-refractivity contribution in [1.29, 1.82) is 0 Å². The molecule has 0 bridgehead atoms. The fraction of sp³-hybridized carbons (Fsp3) is 0.533. The van der Waals surface area contributed by atoms with Gasteiger partial charge in [0.15, 0.2) is 14.9 Å². The standard InChI is InChI=1S/C15H20Cl2N2O2S2/c1-2-3-5-19(14-4-6-23(20,21)10-14)15(22)18-13-8-11(16)7-12(17)9-13/h7-9,14H,2-6,10H2,1H3,(H,18,22)/t14-/m1/s1. The third kappa shape index (κ3) is 5.48. The molecule has 0 aromatic heterocycles. The monoisotopic (exact) mass is 394 g/mol. The van der Waals surface area contributed by atoms with E-state index in [0.717, 1.165) is 19.4 Å². The van der Waals surface area contributed by atoms with Crippen molar-refractivity contribution in [2.75, 3.05) is 23.4 Å². The van der Waals surface area contributed by atoms with Gasteiger partial charge in [-0.2, -0.15) is 0 Å². The van der Waals surface area contributed by atoms with E-state index in [2.05, 4.69) is 12.2 Å². The molecule has 1 heterocycles. The van der Waals surface area contributed by atoms with Crippen LogP contribution in [0.1, 0.15) is 26.2 Å². The largest absolute Gasteiger partial charge is 0.345 e. The Morgan fingerprint density at radius 3 is 2.52 bits per heavy atom. The van der Waals surface area contributed by atoms with Crippen LogP contribution in [0.3, 0.4) is 0 Å². The second-order valence-corrected chi connectivity index (χ2v) is 9.18. The number of hydrogen-bond donors (Lipinski definition) is 1. The summed E-state index contributed by atoms with van der Waals surface area (Å²) in [5, 5.41) is 4.68. The molecule has 0 radical (unpaired) electrons. The summed E-state index contributed by atoms with van der Waals surface area (Å²) >= 11 is 17.5. The molecule has 0 amide bonds. The number of nitrogens with zero attached hydrogens (tertiary/aromatic N) is 1. The first-order chi connectivity index (χ1) is 10.8. The van der Waals surface area contributed by atoms with Crippen LogP contribution in [0, 0.1) is 0 Å². The Morgan fingerprint density at radius 2 is 2.00 bits per heavy atom. The molecule has 0 saturated carbocycles. The SMILES string of the molecule is CCCCN(C(=S)Nc1cc(Cl)cc(Cl)c1)[C@@H]1CCS(=O)(=O)C1. The Bertz CT molecular complexity index is 660. The van der Waals surface area contributed by atoms with E-state index in [1.54, 1.807) is 18.2 Å². The van der Waals surface area contributed by atoms with Crippen LogP contribution in [0.5, 0.6) is 0 Å².